The van der Waals surface area contributed by atoms with Crippen LogP contribution in [-0.2, 0) is 4.79 Å². The van der Waals surface area contributed by atoms with Gasteiger partial charge in [-0.05, 0) is 66.8 Å². The lowest BCUT2D eigenvalue weighted by molar-refractivity contribution is -0.117. The van der Waals surface area contributed by atoms with Crippen molar-refractivity contribution >= 4 is 35.2 Å². The topological polar surface area (TPSA) is 91.3 Å². The highest BCUT2D eigenvalue weighted by Gasteiger charge is 2.37. The number of amidine groups is 1. The summed E-state index contributed by atoms with van der Waals surface area (Å²) in [6.45, 7) is 0.691. The third kappa shape index (κ3) is 4.56. The van der Waals surface area contributed by atoms with Crippen molar-refractivity contribution in [3.8, 4) is 0 Å². The summed E-state index contributed by atoms with van der Waals surface area (Å²) >= 11 is 1.64. The summed E-state index contributed by atoms with van der Waals surface area (Å²) in [4.78, 5) is 19.7. The molecule has 2 fully saturated rings. The van der Waals surface area contributed by atoms with Crippen LogP contribution in [0.3, 0.4) is 0 Å². The van der Waals surface area contributed by atoms with Crippen LogP contribution in [-0.4, -0.2) is 32.8 Å². The monoisotopic (exact) mass is 461 g/mol. The Morgan fingerprint density at radius 3 is 2.76 bits per heavy atom. The quantitative estimate of drug-likeness (QED) is 0.412. The van der Waals surface area contributed by atoms with Crippen LogP contribution in [0.1, 0.15) is 50.1 Å². The number of aromatic amines is 1. The smallest absolute Gasteiger partial charge is 0.285 e. The molecule has 4 aliphatic rings. The fraction of sp³-hybridized carbons (Fsp3) is 0.375. The molecule has 0 spiro atoms. The minimum absolute atomic E-state index is 0.131. The van der Waals surface area contributed by atoms with Crippen molar-refractivity contribution in [2.24, 2.45) is 10.9 Å². The summed E-state index contributed by atoms with van der Waals surface area (Å²) in [5, 5.41) is 14.2. The molecule has 2 aliphatic heterocycles. The van der Waals surface area contributed by atoms with Gasteiger partial charge in [-0.25, -0.2) is 0 Å². The summed E-state index contributed by atoms with van der Waals surface area (Å²) in [6.07, 6.45) is 13.0. The van der Waals surface area contributed by atoms with Crippen LogP contribution in [0.25, 0.3) is 0 Å². The number of hydrogen-bond donors (Lipinski definition) is 3. The Balaban J connectivity index is 1.14. The van der Waals surface area contributed by atoms with Gasteiger partial charge in [0.25, 0.3) is 11.7 Å². The van der Waals surface area contributed by atoms with E-state index in [2.05, 4.69) is 47.3 Å². The summed E-state index contributed by atoms with van der Waals surface area (Å²) in [5.74, 6) is 3.64. The second-order valence-electron chi connectivity index (χ2n) is 9.00. The highest BCUT2D eigenvalue weighted by molar-refractivity contribution is 7.97. The molecule has 0 saturated heterocycles. The first-order chi connectivity index (χ1) is 16.2. The summed E-state index contributed by atoms with van der Waals surface area (Å²) < 4.78 is 2.16. The molecule has 6 rings (SSSR count). The molecule has 2 aliphatic carbocycles. The molecule has 1 amide bonds. The van der Waals surface area contributed by atoms with E-state index in [1.807, 2.05) is 36.7 Å². The maximum atomic E-state index is 12.0. The van der Waals surface area contributed by atoms with E-state index in [0.29, 0.717) is 12.5 Å². The molecule has 0 bridgehead atoms. The van der Waals surface area contributed by atoms with E-state index in [1.54, 1.807) is 11.9 Å². The standard InChI is InChI=1S/C24H27N7OS/c32-24(17-5-6-17)26-18-7-9-19(10-8-18)33-30-14-22-25-11-12-31(22)23(15-30)27-21-13-20(28-29-21)16-3-1-2-4-16/h7-13,15-17H,1-6,14H2,(H,26,32)(H2,27,28,29)/q+1. The first-order valence-corrected chi connectivity index (χ1v) is 12.4. The predicted molar refractivity (Wildman–Crippen MR) is 131 cm³/mol. The minimum Gasteiger partial charge on any atom is -0.326 e. The lowest BCUT2D eigenvalue weighted by Crippen LogP contribution is -2.42. The van der Waals surface area contributed by atoms with Crippen LogP contribution in [0, 0.1) is 5.92 Å². The molecule has 1 aromatic heterocycles. The number of aromatic nitrogens is 2. The molecule has 3 N–H and O–H groups in total. The summed E-state index contributed by atoms with van der Waals surface area (Å²) in [6, 6.07) is 10.1. The number of amides is 1. The molecule has 2 saturated carbocycles. The number of rotatable bonds is 7. The van der Waals surface area contributed by atoms with Crippen molar-refractivity contribution in [3.05, 3.63) is 60.4 Å². The maximum absolute atomic E-state index is 12.0. The average molecular weight is 462 g/mol. The van der Waals surface area contributed by atoms with Gasteiger partial charge in [0.15, 0.2) is 12.0 Å². The molecule has 1 aromatic carbocycles. The molecule has 0 atom stereocenters. The highest BCUT2D eigenvalue weighted by atomic mass is 32.2. The Kier molecular flexibility index (Phi) is 5.43. The number of anilines is 2. The Morgan fingerprint density at radius 1 is 1.15 bits per heavy atom. The Hall–Kier alpha value is -3.04. The van der Waals surface area contributed by atoms with Crippen LogP contribution in [0.5, 0.6) is 0 Å². The first kappa shape index (κ1) is 20.6. The number of aliphatic imine (C=N–C) groups is 1. The largest absolute Gasteiger partial charge is 0.326 e. The number of fused-ring (bicyclic) bond motifs is 1. The van der Waals surface area contributed by atoms with Crippen molar-refractivity contribution in [2.45, 2.75) is 49.3 Å². The van der Waals surface area contributed by atoms with E-state index in [4.69, 9.17) is 0 Å². The molecule has 3 heterocycles. The van der Waals surface area contributed by atoms with Gasteiger partial charge in [0, 0.05) is 34.2 Å². The average Bonchev–Trinajstić information content (AvgIpc) is 3.19. The summed E-state index contributed by atoms with van der Waals surface area (Å²) in [5.41, 5.74) is 2.07. The van der Waals surface area contributed by atoms with Gasteiger partial charge >= 0.3 is 0 Å². The third-order valence-electron chi connectivity index (χ3n) is 6.48. The van der Waals surface area contributed by atoms with Gasteiger partial charge in [-0.1, -0.05) is 12.8 Å². The van der Waals surface area contributed by atoms with Gasteiger partial charge in [0.05, 0.1) is 12.4 Å². The number of benzene rings is 1. The Morgan fingerprint density at radius 2 is 1.97 bits per heavy atom. The van der Waals surface area contributed by atoms with E-state index in [0.717, 1.165) is 40.9 Å². The van der Waals surface area contributed by atoms with Gasteiger partial charge in [-0.3, -0.25) is 19.5 Å². The van der Waals surface area contributed by atoms with Gasteiger partial charge in [-0.2, -0.15) is 10.1 Å². The molecule has 9 heteroatoms. The molecular weight excluding hydrogens is 434 g/mol. The number of H-pyrrole nitrogens is 1. The van der Waals surface area contributed by atoms with Crippen molar-refractivity contribution in [3.63, 3.8) is 0 Å². The normalized spacial score (nSPS) is 20.5. The zero-order chi connectivity index (χ0) is 22.2. The number of carbonyl (C=O) groups excluding carboxylic acids is 1. The molecule has 33 heavy (non-hydrogen) atoms. The minimum atomic E-state index is 0.131. The molecule has 8 nitrogen and oxygen atoms in total. The van der Waals surface area contributed by atoms with Crippen molar-refractivity contribution < 1.29 is 4.79 Å². The summed E-state index contributed by atoms with van der Waals surface area (Å²) in [7, 11) is 0. The van der Waals surface area contributed by atoms with E-state index >= 15 is 0 Å². The van der Waals surface area contributed by atoms with Gasteiger partial charge in [0.2, 0.25) is 5.91 Å². The second-order valence-corrected chi connectivity index (χ2v) is 10.1. The van der Waals surface area contributed by atoms with Gasteiger partial charge in [-0.15, -0.1) is 0 Å². The number of carbonyl (C=O) groups is 1. The van der Waals surface area contributed by atoms with Crippen molar-refractivity contribution in [1.82, 2.24) is 19.4 Å². The molecular formula is C24H27N7OS+. The fourth-order valence-electron chi connectivity index (χ4n) is 4.51. The van der Waals surface area contributed by atoms with Crippen LogP contribution < -0.4 is 15.5 Å². The predicted octanol–water partition coefficient (Wildman–Crippen LogP) is 4.67. The van der Waals surface area contributed by atoms with Crippen LogP contribution in [0.2, 0.25) is 0 Å². The zero-order valence-electron chi connectivity index (χ0n) is 18.3. The maximum Gasteiger partial charge on any atom is 0.285 e. The SMILES string of the molecule is O=C(Nc1ccc(SN2C=C(Nc3cc(C4CCCC4)[nH]n3)[N+]3C=CN=C3C2)cc1)C1CC1. The number of nitrogens with zero attached hydrogens (tertiary/aromatic N) is 4. The Labute approximate surface area is 197 Å². The Bertz CT molecular complexity index is 1130. The fourth-order valence-corrected chi connectivity index (χ4v) is 5.37. The third-order valence-corrected chi connectivity index (χ3v) is 7.43. The highest BCUT2D eigenvalue weighted by Crippen LogP contribution is 2.35. The molecule has 2 aromatic rings. The zero-order valence-corrected chi connectivity index (χ0v) is 19.1. The molecule has 169 valence electrons. The first-order valence-electron chi connectivity index (χ1n) is 11.6. The van der Waals surface area contributed by atoms with E-state index in [1.165, 1.54) is 31.4 Å². The van der Waals surface area contributed by atoms with Crippen molar-refractivity contribution in [1.29, 1.82) is 0 Å². The lowest BCUT2D eigenvalue weighted by Gasteiger charge is -2.24. The van der Waals surface area contributed by atoms with Crippen LogP contribution in [0.15, 0.2) is 64.6 Å². The van der Waals surface area contributed by atoms with Gasteiger partial charge < -0.3 is 5.32 Å². The number of nitrogens with one attached hydrogen (secondary N) is 3. The van der Waals surface area contributed by atoms with E-state index in [9.17, 15) is 4.79 Å². The second kappa shape index (κ2) is 8.72. The van der Waals surface area contributed by atoms with Crippen LogP contribution in [0.4, 0.5) is 11.5 Å². The van der Waals surface area contributed by atoms with E-state index < -0.39 is 0 Å². The molecule has 0 unspecified atom stereocenters. The number of hydrogen-bond acceptors (Lipinski definition) is 7. The van der Waals surface area contributed by atoms with Gasteiger partial charge in [0.1, 0.15) is 6.54 Å². The lowest BCUT2D eigenvalue weighted by atomic mass is 10.0. The van der Waals surface area contributed by atoms with Crippen LogP contribution >= 0.6 is 11.9 Å². The van der Waals surface area contributed by atoms with Crippen molar-refractivity contribution in [2.75, 3.05) is 17.2 Å². The molecule has 1 radical (unpaired) electrons. The van der Waals surface area contributed by atoms with E-state index in [-0.39, 0.29) is 11.8 Å².